The molecule has 3 amide bonds. The van der Waals surface area contributed by atoms with Gasteiger partial charge in [-0.15, -0.1) is 0 Å². The second kappa shape index (κ2) is 8.02. The molecule has 4 N–H and O–H groups in total. The van der Waals surface area contributed by atoms with Crippen molar-refractivity contribution >= 4 is 23.6 Å². The van der Waals surface area contributed by atoms with Crippen molar-refractivity contribution in [2.75, 3.05) is 12.4 Å². The molecule has 0 saturated carbocycles. The normalized spacial score (nSPS) is 12.9. The fourth-order valence-electron chi connectivity index (χ4n) is 1.88. The first-order valence-corrected chi connectivity index (χ1v) is 6.94. The van der Waals surface area contributed by atoms with Crippen molar-refractivity contribution in [2.24, 2.45) is 11.7 Å². The van der Waals surface area contributed by atoms with Crippen LogP contribution in [0.2, 0.25) is 0 Å². The lowest BCUT2D eigenvalue weighted by Crippen LogP contribution is -2.49. The molecule has 0 aliphatic heterocycles. The molecule has 1 aromatic carbocycles. The Morgan fingerprint density at radius 1 is 1.23 bits per heavy atom. The molecule has 0 saturated heterocycles. The Bertz CT molecular complexity index is 542. The van der Waals surface area contributed by atoms with E-state index in [-0.39, 0.29) is 11.8 Å². The zero-order chi connectivity index (χ0) is 16.7. The summed E-state index contributed by atoms with van der Waals surface area (Å²) in [6, 6.07) is 4.79. The van der Waals surface area contributed by atoms with Gasteiger partial charge < -0.3 is 21.1 Å². The molecule has 22 heavy (non-hydrogen) atoms. The minimum absolute atomic E-state index is 0.0677. The highest BCUT2D eigenvalue weighted by molar-refractivity contribution is 5.97. The summed E-state index contributed by atoms with van der Waals surface area (Å²) in [5.41, 5.74) is 6.00. The van der Waals surface area contributed by atoms with Gasteiger partial charge in [0.15, 0.2) is 0 Å². The first kappa shape index (κ1) is 17.5. The van der Waals surface area contributed by atoms with Crippen LogP contribution in [0, 0.1) is 5.92 Å². The summed E-state index contributed by atoms with van der Waals surface area (Å²) in [5, 5.41) is 5.13. The van der Waals surface area contributed by atoms with Crippen LogP contribution < -0.4 is 16.4 Å². The molecule has 2 atom stereocenters. The maximum atomic E-state index is 12.3. The number of hydrogen-bond acceptors (Lipinski definition) is 4. The van der Waals surface area contributed by atoms with E-state index < -0.39 is 18.0 Å². The lowest BCUT2D eigenvalue weighted by atomic mass is 9.98. The summed E-state index contributed by atoms with van der Waals surface area (Å²) >= 11 is 0. The van der Waals surface area contributed by atoms with E-state index >= 15 is 0 Å². The summed E-state index contributed by atoms with van der Waals surface area (Å²) in [6.07, 6.45) is 0.708. The van der Waals surface area contributed by atoms with Crippen LogP contribution in [-0.2, 0) is 9.53 Å². The average molecular weight is 307 g/mol. The highest BCUT2D eigenvalue weighted by Gasteiger charge is 2.25. The van der Waals surface area contributed by atoms with Gasteiger partial charge in [-0.05, 0) is 30.2 Å². The molecule has 7 heteroatoms. The topological polar surface area (TPSA) is 111 Å². The molecule has 0 aliphatic rings. The predicted molar refractivity (Wildman–Crippen MR) is 82.4 cm³/mol. The Hall–Kier alpha value is -2.57. The number of hydrogen-bond donors (Lipinski definition) is 3. The number of amides is 3. The number of nitrogens with two attached hydrogens (primary N) is 1. The third-order valence-electron chi connectivity index (χ3n) is 3.37. The molecule has 0 radical (unpaired) electrons. The van der Waals surface area contributed by atoms with Crippen LogP contribution in [0.3, 0.4) is 0 Å². The van der Waals surface area contributed by atoms with E-state index in [2.05, 4.69) is 15.4 Å². The van der Waals surface area contributed by atoms with E-state index in [1.54, 1.807) is 24.3 Å². The summed E-state index contributed by atoms with van der Waals surface area (Å²) in [6.45, 7) is 3.76. The summed E-state index contributed by atoms with van der Waals surface area (Å²) < 4.78 is 4.60. The molecule has 1 rings (SSSR count). The molecule has 0 aliphatic carbocycles. The van der Waals surface area contributed by atoms with E-state index in [9.17, 15) is 14.4 Å². The van der Waals surface area contributed by atoms with E-state index in [0.29, 0.717) is 17.7 Å². The number of carbonyl (C=O) groups excluding carboxylic acids is 3. The van der Waals surface area contributed by atoms with Crippen molar-refractivity contribution in [3.8, 4) is 0 Å². The van der Waals surface area contributed by atoms with Crippen molar-refractivity contribution < 1.29 is 19.1 Å². The first-order chi connectivity index (χ1) is 10.4. The van der Waals surface area contributed by atoms with Crippen molar-refractivity contribution in [1.82, 2.24) is 5.32 Å². The van der Waals surface area contributed by atoms with Gasteiger partial charge in [-0.3, -0.25) is 4.79 Å². The zero-order valence-electron chi connectivity index (χ0n) is 12.9. The molecule has 0 heterocycles. The van der Waals surface area contributed by atoms with Crippen molar-refractivity contribution in [3.05, 3.63) is 29.8 Å². The average Bonchev–Trinajstić information content (AvgIpc) is 2.51. The van der Waals surface area contributed by atoms with E-state index in [1.165, 1.54) is 7.11 Å². The SMILES string of the molecule is CC[C@H](C)[C@@H](NC(N)=O)C(=O)Nc1ccc(C(=O)OC)cc1. The maximum Gasteiger partial charge on any atom is 0.337 e. The van der Waals surface area contributed by atoms with Gasteiger partial charge in [0.2, 0.25) is 5.91 Å². The third-order valence-corrected chi connectivity index (χ3v) is 3.37. The molecule has 0 aromatic heterocycles. The van der Waals surface area contributed by atoms with Crippen LogP contribution in [0.5, 0.6) is 0 Å². The van der Waals surface area contributed by atoms with Gasteiger partial charge in [0.05, 0.1) is 12.7 Å². The van der Waals surface area contributed by atoms with Gasteiger partial charge >= 0.3 is 12.0 Å². The summed E-state index contributed by atoms with van der Waals surface area (Å²) in [7, 11) is 1.30. The number of anilines is 1. The Kier molecular flexibility index (Phi) is 6.37. The van der Waals surface area contributed by atoms with E-state index in [4.69, 9.17) is 5.73 Å². The van der Waals surface area contributed by atoms with Gasteiger partial charge in [-0.1, -0.05) is 20.3 Å². The summed E-state index contributed by atoms with van der Waals surface area (Å²) in [5.74, 6) is -0.883. The zero-order valence-corrected chi connectivity index (χ0v) is 12.9. The Morgan fingerprint density at radius 2 is 1.82 bits per heavy atom. The van der Waals surface area contributed by atoms with Crippen LogP contribution in [0.1, 0.15) is 30.6 Å². The van der Waals surface area contributed by atoms with Gasteiger partial charge in [-0.2, -0.15) is 0 Å². The standard InChI is InChI=1S/C15H21N3O4/c1-4-9(2)12(18-15(16)21)13(19)17-11-7-5-10(6-8-11)14(20)22-3/h5-9,12H,4H2,1-3H3,(H,17,19)(H3,16,18,21)/t9-,12+/m0/s1. The molecule has 7 nitrogen and oxygen atoms in total. The highest BCUT2D eigenvalue weighted by Crippen LogP contribution is 2.14. The van der Waals surface area contributed by atoms with Crippen LogP contribution in [0.25, 0.3) is 0 Å². The fourth-order valence-corrected chi connectivity index (χ4v) is 1.88. The van der Waals surface area contributed by atoms with Gasteiger partial charge in [0.1, 0.15) is 6.04 Å². The predicted octanol–water partition coefficient (Wildman–Crippen LogP) is 1.49. The number of nitrogens with one attached hydrogen (secondary N) is 2. The Morgan fingerprint density at radius 3 is 2.27 bits per heavy atom. The van der Waals surface area contributed by atoms with E-state index in [1.807, 2.05) is 13.8 Å². The van der Waals surface area contributed by atoms with Gasteiger partial charge in [0, 0.05) is 5.69 Å². The second-order valence-electron chi connectivity index (χ2n) is 4.93. The monoisotopic (exact) mass is 307 g/mol. The van der Waals surface area contributed by atoms with Crippen LogP contribution >= 0.6 is 0 Å². The molecular formula is C15H21N3O4. The number of carbonyl (C=O) groups is 3. The number of urea groups is 1. The number of methoxy groups -OCH3 is 1. The van der Waals surface area contributed by atoms with Gasteiger partial charge in [-0.25, -0.2) is 9.59 Å². The van der Waals surface area contributed by atoms with Crippen LogP contribution in [0.4, 0.5) is 10.5 Å². The lowest BCUT2D eigenvalue weighted by Gasteiger charge is -2.22. The van der Waals surface area contributed by atoms with Crippen molar-refractivity contribution in [1.29, 1.82) is 0 Å². The molecular weight excluding hydrogens is 286 g/mol. The molecule has 0 fully saturated rings. The largest absolute Gasteiger partial charge is 0.465 e. The highest BCUT2D eigenvalue weighted by atomic mass is 16.5. The minimum Gasteiger partial charge on any atom is -0.465 e. The van der Waals surface area contributed by atoms with Crippen molar-refractivity contribution in [2.45, 2.75) is 26.3 Å². The van der Waals surface area contributed by atoms with Crippen LogP contribution in [-0.4, -0.2) is 31.1 Å². The lowest BCUT2D eigenvalue weighted by molar-refractivity contribution is -0.119. The Balaban J connectivity index is 2.80. The molecule has 0 spiro atoms. The number of benzene rings is 1. The molecule has 0 unspecified atom stereocenters. The molecule has 1 aromatic rings. The quantitative estimate of drug-likeness (QED) is 0.691. The fraction of sp³-hybridized carbons (Fsp3) is 0.400. The van der Waals surface area contributed by atoms with Gasteiger partial charge in [0.25, 0.3) is 0 Å². The number of primary amides is 1. The van der Waals surface area contributed by atoms with E-state index in [0.717, 1.165) is 0 Å². The smallest absolute Gasteiger partial charge is 0.337 e. The molecule has 120 valence electrons. The number of ether oxygens (including phenoxy) is 1. The second-order valence-corrected chi connectivity index (χ2v) is 4.93. The first-order valence-electron chi connectivity index (χ1n) is 6.94. The molecule has 0 bridgehead atoms. The maximum absolute atomic E-state index is 12.3. The minimum atomic E-state index is -0.749. The number of rotatable bonds is 6. The third kappa shape index (κ3) is 4.76. The number of esters is 1. The van der Waals surface area contributed by atoms with Crippen LogP contribution in [0.15, 0.2) is 24.3 Å². The summed E-state index contributed by atoms with van der Waals surface area (Å²) in [4.78, 5) is 34.6. The Labute approximate surface area is 129 Å². The van der Waals surface area contributed by atoms with Crippen molar-refractivity contribution in [3.63, 3.8) is 0 Å².